The van der Waals surface area contributed by atoms with Crippen molar-refractivity contribution >= 4 is 32.9 Å². The number of hydrogen-bond donors (Lipinski definition) is 0. The maximum Gasteiger partial charge on any atom is 0.369 e. The van der Waals surface area contributed by atoms with Gasteiger partial charge < -0.3 is 18.1 Å². The zero-order valence-electron chi connectivity index (χ0n) is 16.1. The summed E-state index contributed by atoms with van der Waals surface area (Å²) in [5.74, 6) is 0. The van der Waals surface area contributed by atoms with E-state index in [0.29, 0.717) is 5.02 Å². The number of halogens is 1. The van der Waals surface area contributed by atoms with E-state index in [1.54, 1.807) is 52.0 Å². The first kappa shape index (κ1) is 24.3. The number of allylic oxidation sites excluding steroid dienone is 2. The molecule has 0 amide bonds. The molecule has 0 aliphatic heterocycles. The monoisotopic (exact) mass is 436 g/mol. The Morgan fingerprint density at radius 1 is 0.926 bits per heavy atom. The van der Waals surface area contributed by atoms with Gasteiger partial charge in [-0.1, -0.05) is 35.9 Å². The normalized spacial score (nSPS) is 12.5. The second kappa shape index (κ2) is 12.0. The van der Waals surface area contributed by atoms with Crippen LogP contribution >= 0.6 is 26.8 Å². The molecule has 0 aromatic heterocycles. The molecule has 0 saturated carbocycles. The Hall–Kier alpha value is -0.710. The molecule has 0 spiro atoms. The van der Waals surface area contributed by atoms with Crippen LogP contribution in [-0.2, 0) is 27.2 Å². The quantitative estimate of drug-likeness (QED) is 0.267. The first-order chi connectivity index (χ1) is 12.8. The van der Waals surface area contributed by atoms with Gasteiger partial charge in [-0.25, -0.2) is 0 Å². The third kappa shape index (κ3) is 7.32. The molecular weight excluding hydrogens is 410 g/mol. The van der Waals surface area contributed by atoms with Crippen molar-refractivity contribution in [2.75, 3.05) is 26.4 Å². The Balaban J connectivity index is 3.42. The van der Waals surface area contributed by atoms with Crippen molar-refractivity contribution in [2.45, 2.75) is 27.7 Å². The highest BCUT2D eigenvalue weighted by Gasteiger charge is 2.44. The summed E-state index contributed by atoms with van der Waals surface area (Å²) < 4.78 is 48.1. The van der Waals surface area contributed by atoms with Crippen molar-refractivity contribution in [3.63, 3.8) is 0 Å². The first-order valence-corrected chi connectivity index (χ1v) is 12.2. The molecular formula is C18H27ClO6P2. The average Bonchev–Trinajstić information content (AvgIpc) is 2.59. The summed E-state index contributed by atoms with van der Waals surface area (Å²) in [6.07, 6.45) is 4.74. The van der Waals surface area contributed by atoms with Gasteiger partial charge >= 0.3 is 15.2 Å². The molecule has 0 atom stereocenters. The number of rotatable bonds is 12. The van der Waals surface area contributed by atoms with Gasteiger partial charge in [-0.3, -0.25) is 9.13 Å². The van der Waals surface area contributed by atoms with Gasteiger partial charge in [-0.2, -0.15) is 0 Å². The summed E-state index contributed by atoms with van der Waals surface area (Å²) in [5, 5.41) is 0.464. The van der Waals surface area contributed by atoms with Crippen LogP contribution < -0.4 is 0 Å². The molecule has 0 aliphatic carbocycles. The Kier molecular flexibility index (Phi) is 10.8. The van der Waals surface area contributed by atoms with Crippen molar-refractivity contribution < 1.29 is 27.2 Å². The molecule has 0 bridgehead atoms. The van der Waals surface area contributed by atoms with Gasteiger partial charge in [0.05, 0.1) is 26.4 Å². The molecule has 0 fully saturated rings. The summed E-state index contributed by atoms with van der Waals surface area (Å²) in [6, 6.07) is 7.19. The third-order valence-corrected chi connectivity index (χ3v) is 8.66. The van der Waals surface area contributed by atoms with Crippen LogP contribution in [0.3, 0.4) is 0 Å². The second-order valence-electron chi connectivity index (χ2n) is 5.11. The van der Waals surface area contributed by atoms with Gasteiger partial charge in [0.1, 0.15) is 0 Å². The summed E-state index contributed by atoms with van der Waals surface area (Å²) in [6.45, 7) is 7.18. The smallest absolute Gasteiger partial charge is 0.305 e. The maximum absolute atomic E-state index is 13.3. The standard InChI is InChI=1S/C18H27ClO6P2/c1-5-22-26(20,23-6-2)18(27(21,24-7-3)25-8-4)14-10-12-16-11-9-13-17(19)15-16/h9-15H,5-8H2,1-4H3/b12-10+. The number of hydrogen-bond acceptors (Lipinski definition) is 6. The summed E-state index contributed by atoms with van der Waals surface area (Å²) in [5.41, 5.74) is 0.823. The molecule has 0 unspecified atom stereocenters. The van der Waals surface area contributed by atoms with Crippen molar-refractivity contribution in [2.24, 2.45) is 0 Å². The fourth-order valence-electron chi connectivity index (χ4n) is 2.21. The van der Waals surface area contributed by atoms with E-state index >= 15 is 0 Å². The van der Waals surface area contributed by atoms with E-state index in [2.05, 4.69) is 0 Å². The highest BCUT2D eigenvalue weighted by Crippen LogP contribution is 2.73. The van der Waals surface area contributed by atoms with Crippen LogP contribution in [0.15, 0.2) is 41.5 Å². The van der Waals surface area contributed by atoms with Crippen LogP contribution in [0.25, 0.3) is 6.08 Å². The molecule has 9 heteroatoms. The summed E-state index contributed by atoms with van der Waals surface area (Å²) in [7, 11) is -7.74. The Morgan fingerprint density at radius 2 is 1.41 bits per heavy atom. The molecule has 6 nitrogen and oxygen atoms in total. The lowest BCUT2D eigenvalue weighted by atomic mass is 10.2. The second-order valence-corrected chi connectivity index (χ2v) is 9.88. The lowest BCUT2D eigenvalue weighted by Gasteiger charge is -2.25. The first-order valence-electron chi connectivity index (χ1n) is 8.78. The van der Waals surface area contributed by atoms with Crippen LogP contribution in [-0.4, -0.2) is 26.4 Å². The molecule has 0 radical (unpaired) electrons. The van der Waals surface area contributed by atoms with E-state index in [9.17, 15) is 9.13 Å². The van der Waals surface area contributed by atoms with Crippen LogP contribution in [0.2, 0.25) is 5.02 Å². The van der Waals surface area contributed by atoms with Gasteiger partial charge in [-0.15, -0.1) is 0 Å². The minimum atomic E-state index is -3.87. The van der Waals surface area contributed by atoms with Gasteiger partial charge in [-0.05, 0) is 51.5 Å². The fourth-order valence-corrected chi connectivity index (χ4v) is 6.87. The lowest BCUT2D eigenvalue weighted by Crippen LogP contribution is -2.04. The highest BCUT2D eigenvalue weighted by atomic mass is 35.5. The predicted molar refractivity (Wildman–Crippen MR) is 110 cm³/mol. The minimum Gasteiger partial charge on any atom is -0.305 e. The zero-order valence-corrected chi connectivity index (χ0v) is 18.6. The molecule has 27 heavy (non-hydrogen) atoms. The van der Waals surface area contributed by atoms with Crippen LogP contribution in [0, 0.1) is 0 Å². The Bertz CT molecular complexity index is 695. The van der Waals surface area contributed by atoms with Crippen LogP contribution in [0.5, 0.6) is 0 Å². The van der Waals surface area contributed by atoms with E-state index in [-0.39, 0.29) is 31.5 Å². The van der Waals surface area contributed by atoms with E-state index in [1.165, 1.54) is 6.08 Å². The highest BCUT2D eigenvalue weighted by molar-refractivity contribution is 7.78. The maximum atomic E-state index is 13.3. The van der Waals surface area contributed by atoms with Crippen molar-refractivity contribution in [3.05, 3.63) is 52.1 Å². The van der Waals surface area contributed by atoms with Crippen molar-refractivity contribution in [3.8, 4) is 0 Å². The molecule has 1 rings (SSSR count). The fraction of sp³-hybridized carbons (Fsp3) is 0.444. The Labute approximate surface area is 166 Å². The molecule has 0 N–H and O–H groups in total. The molecule has 1 aromatic rings. The molecule has 0 saturated heterocycles. The van der Waals surface area contributed by atoms with E-state index < -0.39 is 15.2 Å². The molecule has 0 aliphatic rings. The Morgan fingerprint density at radius 3 is 1.81 bits per heavy atom. The van der Waals surface area contributed by atoms with Crippen LogP contribution in [0.4, 0.5) is 0 Å². The molecule has 152 valence electrons. The predicted octanol–water partition coefficient (Wildman–Crippen LogP) is 6.73. The molecule has 0 heterocycles. The zero-order chi connectivity index (χ0) is 20.3. The summed E-state index contributed by atoms with van der Waals surface area (Å²) >= 11 is 5.98. The largest absolute Gasteiger partial charge is 0.369 e. The SMILES string of the molecule is CCOP(=O)(OCC)C(=C/C=C/c1cccc(Cl)c1)P(=O)(OCC)OCC. The van der Waals surface area contributed by atoms with Gasteiger partial charge in [0.2, 0.25) is 0 Å². The molecule has 1 aromatic carbocycles. The third-order valence-electron chi connectivity index (χ3n) is 3.14. The van der Waals surface area contributed by atoms with E-state index in [4.69, 9.17) is 29.7 Å². The minimum absolute atomic E-state index is 0.116. The van der Waals surface area contributed by atoms with Crippen LogP contribution in [0.1, 0.15) is 33.3 Å². The van der Waals surface area contributed by atoms with E-state index in [0.717, 1.165) is 5.56 Å². The topological polar surface area (TPSA) is 71.1 Å². The average molecular weight is 437 g/mol. The van der Waals surface area contributed by atoms with Crippen molar-refractivity contribution in [1.29, 1.82) is 0 Å². The van der Waals surface area contributed by atoms with Gasteiger partial charge in [0.25, 0.3) is 0 Å². The number of benzene rings is 1. The van der Waals surface area contributed by atoms with Gasteiger partial charge in [0, 0.05) is 5.02 Å². The lowest BCUT2D eigenvalue weighted by molar-refractivity contribution is 0.214. The van der Waals surface area contributed by atoms with Gasteiger partial charge in [0.15, 0.2) is 5.06 Å². The summed E-state index contributed by atoms with van der Waals surface area (Å²) in [4.78, 5) is 0. The van der Waals surface area contributed by atoms with Crippen molar-refractivity contribution in [1.82, 2.24) is 0 Å². The van der Waals surface area contributed by atoms with E-state index in [1.807, 2.05) is 12.1 Å².